The van der Waals surface area contributed by atoms with Crippen LogP contribution in [0.15, 0.2) is 72.6 Å². The molecule has 1 aromatic heterocycles. The van der Waals surface area contributed by atoms with Gasteiger partial charge in [-0.25, -0.2) is 4.98 Å². The molecule has 0 bridgehead atoms. The molecule has 1 N–H and O–H groups in total. The third kappa shape index (κ3) is 5.20. The standard InChI is InChI=1S/C30H30N2O6/c1-2-3-4-13-36-23-9-5-8-21(16-23)27-26(28(33)22-10-11-24-25(17-22)38-15-14-37-24)29(34)30(35)32(27)19-20-7-6-12-31-18-20/h5-12,16-18,27,33H,2-4,13-15,19H2,1H3. The second-order valence-electron chi connectivity index (χ2n) is 9.31. The Balaban J connectivity index is 1.56. The molecule has 0 aliphatic carbocycles. The number of nitrogens with one attached hydrogen (secondary N) is 1. The molecule has 3 heterocycles. The summed E-state index contributed by atoms with van der Waals surface area (Å²) in [7, 11) is 0. The van der Waals surface area contributed by atoms with E-state index in [1.54, 1.807) is 30.6 Å². The number of hydrogen-bond acceptors (Lipinski definition) is 6. The zero-order chi connectivity index (χ0) is 26.5. The Bertz CT molecular complexity index is 1350. The smallest absolute Gasteiger partial charge is 0.295 e. The molecule has 3 aromatic rings. The molecule has 1 unspecified atom stereocenters. The maximum atomic E-state index is 13.8. The van der Waals surface area contributed by atoms with Crippen molar-refractivity contribution >= 4 is 17.4 Å². The van der Waals surface area contributed by atoms with Crippen LogP contribution >= 0.6 is 0 Å². The number of carbonyl (C=O) groups is 2. The van der Waals surface area contributed by atoms with Crippen molar-refractivity contribution in [3.05, 3.63) is 89.3 Å². The van der Waals surface area contributed by atoms with Crippen molar-refractivity contribution in [1.29, 1.82) is 0 Å². The van der Waals surface area contributed by atoms with E-state index in [2.05, 4.69) is 11.9 Å². The Kier molecular flexibility index (Phi) is 7.58. The first-order chi connectivity index (χ1) is 18.6. The van der Waals surface area contributed by atoms with Gasteiger partial charge in [0.2, 0.25) is 5.78 Å². The van der Waals surface area contributed by atoms with E-state index in [0.29, 0.717) is 42.6 Å². The Labute approximate surface area is 221 Å². The number of aromatic nitrogens is 1. The van der Waals surface area contributed by atoms with Crippen LogP contribution in [-0.2, 0) is 16.1 Å². The van der Waals surface area contributed by atoms with Crippen molar-refractivity contribution in [1.82, 2.24) is 4.90 Å². The number of Topliss-reactive ketones (excluding diaryl/α,β-unsaturated/α-hetero) is 1. The molecule has 1 atom stereocenters. The normalized spacial score (nSPS) is 18.0. The first-order valence-electron chi connectivity index (χ1n) is 12.9. The fraction of sp³-hybridized carbons (Fsp3) is 0.300. The number of ether oxygens (including phenoxy) is 3. The molecule has 1 fully saturated rings. The molecule has 1 saturated heterocycles. The van der Waals surface area contributed by atoms with Crippen LogP contribution in [0.3, 0.4) is 0 Å². The topological polar surface area (TPSA) is 102 Å². The monoisotopic (exact) mass is 514 g/mol. The van der Waals surface area contributed by atoms with Crippen LogP contribution in [0.4, 0.5) is 0 Å². The first kappa shape index (κ1) is 25.3. The zero-order valence-corrected chi connectivity index (χ0v) is 21.3. The summed E-state index contributed by atoms with van der Waals surface area (Å²) in [5.74, 6) is -0.419. The minimum atomic E-state index is -0.866. The predicted molar refractivity (Wildman–Crippen MR) is 137 cm³/mol. The molecule has 8 nitrogen and oxygen atoms in total. The number of hydrogen-bond donors (Lipinski definition) is 0. The molecular weight excluding hydrogens is 484 g/mol. The number of pyridine rings is 1. The third-order valence-electron chi connectivity index (χ3n) is 6.65. The van der Waals surface area contributed by atoms with Crippen LogP contribution in [0.25, 0.3) is 5.76 Å². The van der Waals surface area contributed by atoms with Gasteiger partial charge in [0.1, 0.15) is 19.0 Å². The number of H-pyrrole nitrogens is 1. The number of amides is 1. The fourth-order valence-electron chi connectivity index (χ4n) is 4.76. The molecule has 0 spiro atoms. The second kappa shape index (κ2) is 11.4. The summed E-state index contributed by atoms with van der Waals surface area (Å²) < 4.78 is 17.1. The summed E-state index contributed by atoms with van der Waals surface area (Å²) >= 11 is 0. The lowest BCUT2D eigenvalue weighted by atomic mass is 9.95. The Hall–Kier alpha value is -4.33. The number of unbranched alkanes of at least 4 members (excludes halogenated alkanes) is 2. The van der Waals surface area contributed by atoms with Gasteiger partial charge in [0.15, 0.2) is 23.9 Å². The van der Waals surface area contributed by atoms with E-state index in [1.807, 2.05) is 36.4 Å². The molecule has 38 heavy (non-hydrogen) atoms. The van der Waals surface area contributed by atoms with Crippen molar-refractivity contribution in [3.8, 4) is 17.2 Å². The zero-order valence-electron chi connectivity index (χ0n) is 21.3. The van der Waals surface area contributed by atoms with Crippen molar-refractivity contribution in [2.24, 2.45) is 0 Å². The van der Waals surface area contributed by atoms with E-state index in [4.69, 9.17) is 14.2 Å². The average molecular weight is 515 g/mol. The van der Waals surface area contributed by atoms with Gasteiger partial charge in [-0.15, -0.1) is 0 Å². The molecule has 0 saturated carbocycles. The lowest BCUT2D eigenvalue weighted by Crippen LogP contribution is -2.29. The highest BCUT2D eigenvalue weighted by molar-refractivity contribution is 6.46. The van der Waals surface area contributed by atoms with Gasteiger partial charge in [0, 0.05) is 17.2 Å². The largest absolute Gasteiger partial charge is 0.872 e. The predicted octanol–water partition coefficient (Wildman–Crippen LogP) is 3.27. The van der Waals surface area contributed by atoms with Gasteiger partial charge in [-0.1, -0.05) is 43.7 Å². The van der Waals surface area contributed by atoms with E-state index in [0.717, 1.165) is 24.8 Å². The molecule has 0 radical (unpaired) electrons. The highest BCUT2D eigenvalue weighted by Gasteiger charge is 2.44. The SMILES string of the molecule is CCCCCOc1cccc(C2C(=C([O-])c3ccc4c(c3)OCCO4)C(=O)C(=O)N2Cc2ccc[nH+]c2)c1. The Morgan fingerprint density at radius 1 is 1.05 bits per heavy atom. The Morgan fingerprint density at radius 2 is 1.89 bits per heavy atom. The van der Waals surface area contributed by atoms with Gasteiger partial charge >= 0.3 is 0 Å². The number of carbonyl (C=O) groups excluding carboxylic acids is 2. The van der Waals surface area contributed by atoms with E-state index in [-0.39, 0.29) is 17.7 Å². The minimum Gasteiger partial charge on any atom is -0.872 e. The van der Waals surface area contributed by atoms with E-state index >= 15 is 0 Å². The molecule has 196 valence electrons. The van der Waals surface area contributed by atoms with E-state index < -0.39 is 23.5 Å². The van der Waals surface area contributed by atoms with Crippen LogP contribution in [0.2, 0.25) is 0 Å². The summed E-state index contributed by atoms with van der Waals surface area (Å²) in [5.41, 5.74) is 1.61. The van der Waals surface area contributed by atoms with Crippen molar-refractivity contribution < 1.29 is 33.9 Å². The maximum Gasteiger partial charge on any atom is 0.295 e. The van der Waals surface area contributed by atoms with Gasteiger partial charge in [-0.05, 0) is 47.9 Å². The molecule has 2 aliphatic rings. The number of fused-ring (bicyclic) bond motifs is 1. The summed E-state index contributed by atoms with van der Waals surface area (Å²) in [6, 6.07) is 14.9. The highest BCUT2D eigenvalue weighted by Crippen LogP contribution is 2.41. The lowest BCUT2D eigenvalue weighted by molar-refractivity contribution is -0.378. The van der Waals surface area contributed by atoms with Crippen LogP contribution in [0.5, 0.6) is 17.2 Å². The number of likely N-dealkylation sites (tertiary alicyclic amines) is 1. The van der Waals surface area contributed by atoms with Gasteiger partial charge in [0.25, 0.3) is 5.91 Å². The molecule has 5 rings (SSSR count). The molecule has 2 aromatic carbocycles. The maximum absolute atomic E-state index is 13.8. The molecule has 8 heteroatoms. The molecular formula is C30H30N2O6. The van der Waals surface area contributed by atoms with Gasteiger partial charge in [0.05, 0.1) is 19.2 Å². The molecule has 2 aliphatic heterocycles. The van der Waals surface area contributed by atoms with Gasteiger partial charge in [-0.3, -0.25) is 9.59 Å². The van der Waals surface area contributed by atoms with Crippen molar-refractivity contribution in [2.45, 2.75) is 38.8 Å². The minimum absolute atomic E-state index is 0.0882. The number of ketones is 1. The number of rotatable bonds is 9. The first-order valence-corrected chi connectivity index (χ1v) is 12.9. The summed E-state index contributed by atoms with van der Waals surface area (Å²) in [6.07, 6.45) is 6.61. The van der Waals surface area contributed by atoms with Crippen LogP contribution in [-0.4, -0.2) is 36.4 Å². The van der Waals surface area contributed by atoms with Crippen LogP contribution in [0.1, 0.15) is 48.9 Å². The third-order valence-corrected chi connectivity index (χ3v) is 6.65. The molecule has 1 amide bonds. The highest BCUT2D eigenvalue weighted by atomic mass is 16.6. The van der Waals surface area contributed by atoms with Crippen LogP contribution < -0.4 is 24.3 Å². The van der Waals surface area contributed by atoms with Gasteiger partial charge in [-0.2, -0.15) is 0 Å². The summed E-state index contributed by atoms with van der Waals surface area (Å²) in [4.78, 5) is 31.2. The summed E-state index contributed by atoms with van der Waals surface area (Å²) in [6.45, 7) is 3.65. The number of benzene rings is 2. The Morgan fingerprint density at radius 3 is 2.68 bits per heavy atom. The average Bonchev–Trinajstić information content (AvgIpc) is 3.20. The fourth-order valence-corrected chi connectivity index (χ4v) is 4.76. The van der Waals surface area contributed by atoms with Crippen molar-refractivity contribution in [2.75, 3.05) is 19.8 Å². The van der Waals surface area contributed by atoms with Crippen LogP contribution in [0, 0.1) is 0 Å². The van der Waals surface area contributed by atoms with Gasteiger partial charge < -0.3 is 24.2 Å². The second-order valence-corrected chi connectivity index (χ2v) is 9.31. The quantitative estimate of drug-likeness (QED) is 0.188. The van der Waals surface area contributed by atoms with E-state index in [1.165, 1.54) is 4.90 Å². The summed E-state index contributed by atoms with van der Waals surface area (Å²) in [5, 5.41) is 13.8. The number of aromatic amines is 1. The van der Waals surface area contributed by atoms with E-state index in [9.17, 15) is 14.7 Å². The lowest BCUT2D eigenvalue weighted by Gasteiger charge is -2.28. The van der Waals surface area contributed by atoms with Crippen molar-refractivity contribution in [3.63, 3.8) is 0 Å². The number of nitrogens with zero attached hydrogens (tertiary/aromatic N) is 1.